The molecule has 2 N–H and O–H groups in total. The topological polar surface area (TPSA) is 135 Å². The maximum Gasteiger partial charge on any atom is 0.310 e. The number of nitrogens with zero attached hydrogens (tertiary/aromatic N) is 2. The normalized spacial score (nSPS) is 25.2. The number of rotatable bonds is 7. The van der Waals surface area contributed by atoms with Gasteiger partial charge >= 0.3 is 5.69 Å². The van der Waals surface area contributed by atoms with E-state index in [2.05, 4.69) is 24.3 Å². The van der Waals surface area contributed by atoms with Crippen molar-refractivity contribution in [1.82, 2.24) is 0 Å². The molecule has 8 rings (SSSR count). The minimum atomic E-state index is -0.637. The third-order valence-corrected chi connectivity index (χ3v) is 9.17. The van der Waals surface area contributed by atoms with Gasteiger partial charge in [0, 0.05) is 29.0 Å². The number of ether oxygens (including phenoxy) is 3. The highest BCUT2D eigenvalue weighted by Crippen LogP contribution is 2.62. The second-order valence-electron chi connectivity index (χ2n) is 11.9. The fourth-order valence-electron chi connectivity index (χ4n) is 7.55. The Labute approximate surface area is 247 Å². The lowest BCUT2D eigenvalue weighted by molar-refractivity contribution is -0.385. The van der Waals surface area contributed by atoms with Gasteiger partial charge in [0.2, 0.25) is 0 Å². The van der Waals surface area contributed by atoms with Gasteiger partial charge in [-0.15, -0.1) is 0 Å². The number of benzene rings is 4. The quantitative estimate of drug-likeness (QED) is 0.172. The number of phenolic OH excluding ortho intramolecular Hbond substituents is 2. The van der Waals surface area contributed by atoms with E-state index < -0.39 is 10.7 Å². The molecule has 4 aromatic rings. The summed E-state index contributed by atoms with van der Waals surface area (Å²) < 4.78 is 18.3. The van der Waals surface area contributed by atoms with Gasteiger partial charge in [-0.1, -0.05) is 24.3 Å². The lowest BCUT2D eigenvalue weighted by Gasteiger charge is -2.62. The van der Waals surface area contributed by atoms with Gasteiger partial charge in [-0.25, -0.2) is 0 Å². The summed E-state index contributed by atoms with van der Waals surface area (Å²) in [6.45, 7) is 0. The van der Waals surface area contributed by atoms with Crippen molar-refractivity contribution in [2.45, 2.75) is 55.1 Å². The summed E-state index contributed by atoms with van der Waals surface area (Å²) in [5, 5.41) is 40.0. The molecule has 9 nitrogen and oxygen atoms in total. The standard InChI is InChI=1S/C34H28N2O7/c35-19-21-1-6-26(13-31(21)37)41-24-7-2-22(3-8-24)33-15-28-17-34(20-33,18-29(16-33)43-28)23-4-9-25(10-5-23)42-27-11-12-30(36(39)40)32(38)14-27/h1-14,28-29,37-38H,15-18,20H2/t28-,29+,33?,34?. The van der Waals surface area contributed by atoms with Crippen LogP contribution in [0.4, 0.5) is 5.69 Å². The largest absolute Gasteiger partial charge is 0.506 e. The molecule has 0 radical (unpaired) electrons. The maximum atomic E-state index is 11.0. The smallest absolute Gasteiger partial charge is 0.310 e. The van der Waals surface area contributed by atoms with Crippen LogP contribution in [0.3, 0.4) is 0 Å². The SMILES string of the molecule is N#Cc1ccc(Oc2ccc(C34C[C@@H]5CC(c6ccc(Oc7ccc([N+](=O)[O-])c(O)c7)cc6)(C[C@H](C3)O5)C4)cc2)cc1O. The number of aromatic hydroxyl groups is 2. The van der Waals surface area contributed by atoms with E-state index in [1.807, 2.05) is 30.3 Å². The van der Waals surface area contributed by atoms with Crippen LogP contribution in [-0.2, 0) is 15.6 Å². The second kappa shape index (κ2) is 10.0. The Morgan fingerprint density at radius 1 is 0.744 bits per heavy atom. The van der Waals surface area contributed by atoms with E-state index in [0.29, 0.717) is 23.0 Å². The van der Waals surface area contributed by atoms with Crippen LogP contribution < -0.4 is 9.47 Å². The van der Waals surface area contributed by atoms with Crippen LogP contribution in [0.15, 0.2) is 84.9 Å². The molecule has 2 saturated heterocycles. The minimum Gasteiger partial charge on any atom is -0.506 e. The summed E-state index contributed by atoms with van der Waals surface area (Å²) in [6, 6.07) is 26.7. The summed E-state index contributed by atoms with van der Waals surface area (Å²) in [4.78, 5) is 10.4. The van der Waals surface area contributed by atoms with E-state index in [1.54, 1.807) is 6.07 Å². The molecule has 2 heterocycles. The molecule has 216 valence electrons. The number of hydrogen-bond donors (Lipinski definition) is 2. The Morgan fingerprint density at radius 3 is 1.65 bits per heavy atom. The summed E-state index contributed by atoms with van der Waals surface area (Å²) in [6.07, 6.45) is 5.24. The van der Waals surface area contributed by atoms with Gasteiger partial charge in [-0.3, -0.25) is 10.1 Å². The molecular formula is C34H28N2O7. The van der Waals surface area contributed by atoms with Crippen molar-refractivity contribution < 1.29 is 29.3 Å². The molecule has 4 atom stereocenters. The van der Waals surface area contributed by atoms with Gasteiger partial charge < -0.3 is 24.4 Å². The Hall–Kier alpha value is -5.07. The molecule has 2 aliphatic carbocycles. The van der Waals surface area contributed by atoms with Crippen molar-refractivity contribution in [3.63, 3.8) is 0 Å². The molecule has 2 saturated carbocycles. The first-order chi connectivity index (χ1) is 20.7. The van der Waals surface area contributed by atoms with Crippen molar-refractivity contribution in [2.24, 2.45) is 0 Å². The molecule has 2 aliphatic heterocycles. The molecule has 0 spiro atoms. The Kier molecular flexibility index (Phi) is 6.26. The van der Waals surface area contributed by atoms with Crippen LogP contribution in [-0.4, -0.2) is 27.3 Å². The maximum absolute atomic E-state index is 11.0. The zero-order valence-corrected chi connectivity index (χ0v) is 23.1. The molecule has 4 aliphatic rings. The summed E-state index contributed by atoms with van der Waals surface area (Å²) in [5.74, 6) is 1.47. The van der Waals surface area contributed by atoms with Gasteiger partial charge in [-0.2, -0.15) is 5.26 Å². The van der Waals surface area contributed by atoms with Crippen molar-refractivity contribution in [1.29, 1.82) is 5.26 Å². The van der Waals surface area contributed by atoms with Crippen molar-refractivity contribution in [3.8, 4) is 40.6 Å². The average molecular weight is 577 g/mol. The molecule has 2 unspecified atom stereocenters. The van der Waals surface area contributed by atoms with Crippen LogP contribution >= 0.6 is 0 Å². The number of nitriles is 1. The Bertz CT molecular complexity index is 1750. The first-order valence-corrected chi connectivity index (χ1v) is 14.2. The highest BCUT2D eigenvalue weighted by atomic mass is 16.6. The first-order valence-electron chi connectivity index (χ1n) is 14.2. The van der Waals surface area contributed by atoms with E-state index in [1.165, 1.54) is 41.5 Å². The van der Waals surface area contributed by atoms with Crippen LogP contribution in [0.25, 0.3) is 0 Å². The minimum absolute atomic E-state index is 0.0131. The number of hydrogen-bond acceptors (Lipinski definition) is 8. The molecule has 4 aromatic carbocycles. The van der Waals surface area contributed by atoms with Crippen LogP contribution in [0, 0.1) is 21.4 Å². The lowest BCUT2D eigenvalue weighted by atomic mass is 9.48. The highest BCUT2D eigenvalue weighted by molar-refractivity contribution is 5.51. The number of phenols is 2. The predicted octanol–water partition coefficient (Wildman–Crippen LogP) is 7.38. The van der Waals surface area contributed by atoms with E-state index in [4.69, 9.17) is 19.5 Å². The average Bonchev–Trinajstić information content (AvgIpc) is 2.97. The monoisotopic (exact) mass is 576 g/mol. The third kappa shape index (κ3) is 4.80. The van der Waals surface area contributed by atoms with Crippen LogP contribution in [0.1, 0.15) is 48.8 Å². The van der Waals surface area contributed by atoms with Gasteiger partial charge in [0.1, 0.15) is 34.8 Å². The van der Waals surface area contributed by atoms with E-state index >= 15 is 0 Å². The van der Waals surface area contributed by atoms with Gasteiger partial charge in [0.25, 0.3) is 0 Å². The fraction of sp³-hybridized carbons (Fsp3) is 0.265. The Balaban J connectivity index is 1.10. The molecule has 4 fully saturated rings. The number of nitro groups is 1. The molecule has 9 heteroatoms. The second-order valence-corrected chi connectivity index (χ2v) is 11.9. The molecule has 43 heavy (non-hydrogen) atoms. The highest BCUT2D eigenvalue weighted by Gasteiger charge is 2.59. The molecule has 0 amide bonds. The van der Waals surface area contributed by atoms with Crippen molar-refractivity contribution >= 4 is 5.69 Å². The predicted molar refractivity (Wildman–Crippen MR) is 156 cm³/mol. The van der Waals surface area contributed by atoms with Gasteiger partial charge in [0.05, 0.1) is 22.7 Å². The van der Waals surface area contributed by atoms with Crippen molar-refractivity contribution in [2.75, 3.05) is 0 Å². The molecule has 4 bridgehead atoms. The summed E-state index contributed by atoms with van der Waals surface area (Å²) in [7, 11) is 0. The van der Waals surface area contributed by atoms with Crippen LogP contribution in [0.2, 0.25) is 0 Å². The van der Waals surface area contributed by atoms with E-state index in [-0.39, 0.29) is 40.0 Å². The van der Waals surface area contributed by atoms with Crippen LogP contribution in [0.5, 0.6) is 34.5 Å². The van der Waals surface area contributed by atoms with E-state index in [9.17, 15) is 20.3 Å². The first kappa shape index (κ1) is 26.8. The van der Waals surface area contributed by atoms with E-state index in [0.717, 1.165) is 32.1 Å². The van der Waals surface area contributed by atoms with Gasteiger partial charge in [0.15, 0.2) is 5.75 Å². The Morgan fingerprint density at radius 2 is 1.21 bits per heavy atom. The zero-order valence-electron chi connectivity index (χ0n) is 23.1. The van der Waals surface area contributed by atoms with Gasteiger partial charge in [-0.05, 0) is 85.7 Å². The molecular weight excluding hydrogens is 548 g/mol. The lowest BCUT2D eigenvalue weighted by Crippen LogP contribution is -2.60. The third-order valence-electron chi connectivity index (χ3n) is 9.17. The summed E-state index contributed by atoms with van der Waals surface area (Å²) >= 11 is 0. The zero-order chi connectivity index (χ0) is 29.8. The summed E-state index contributed by atoms with van der Waals surface area (Å²) in [5.41, 5.74) is 2.31. The van der Waals surface area contributed by atoms with Crippen molar-refractivity contribution in [3.05, 3.63) is 112 Å². The fourth-order valence-corrected chi connectivity index (χ4v) is 7.55. The molecule has 0 aromatic heterocycles. The number of nitro benzene ring substituents is 1.